The van der Waals surface area contributed by atoms with Crippen LogP contribution in [0.5, 0.6) is 0 Å². The lowest BCUT2D eigenvalue weighted by Crippen LogP contribution is -2.28. The van der Waals surface area contributed by atoms with Gasteiger partial charge in [0.25, 0.3) is 5.91 Å². The third-order valence-corrected chi connectivity index (χ3v) is 5.56. The Hall–Kier alpha value is -3.13. The molecule has 32 heavy (non-hydrogen) atoms. The molecule has 1 aliphatic carbocycles. The van der Waals surface area contributed by atoms with E-state index in [1.54, 1.807) is 6.07 Å². The fourth-order valence-corrected chi connectivity index (χ4v) is 3.57. The third kappa shape index (κ3) is 5.37. The van der Waals surface area contributed by atoms with Crippen molar-refractivity contribution in [2.75, 3.05) is 0 Å². The van der Waals surface area contributed by atoms with Crippen molar-refractivity contribution in [3.05, 3.63) is 89.1 Å². The summed E-state index contributed by atoms with van der Waals surface area (Å²) in [7, 11) is 0. The lowest BCUT2D eigenvalue weighted by molar-refractivity contribution is -0.138. The summed E-state index contributed by atoms with van der Waals surface area (Å²) < 4.78 is 46.2. The number of benzene rings is 2. The largest absolute Gasteiger partial charge is 0.447 e. The molecule has 3 aromatic rings. The number of rotatable bonds is 8. The first-order valence-corrected chi connectivity index (χ1v) is 10.5. The van der Waals surface area contributed by atoms with E-state index in [4.69, 9.17) is 4.42 Å². The van der Waals surface area contributed by atoms with Gasteiger partial charge in [-0.3, -0.25) is 9.69 Å². The van der Waals surface area contributed by atoms with Crippen LogP contribution in [0.3, 0.4) is 0 Å². The summed E-state index contributed by atoms with van der Waals surface area (Å²) >= 11 is 0. The molecule has 0 saturated heterocycles. The van der Waals surface area contributed by atoms with Crippen LogP contribution in [-0.2, 0) is 19.3 Å². The minimum Gasteiger partial charge on any atom is -0.447 e. The second-order valence-electron chi connectivity index (χ2n) is 8.02. The van der Waals surface area contributed by atoms with E-state index < -0.39 is 11.7 Å². The van der Waals surface area contributed by atoms with E-state index in [1.807, 2.05) is 42.2 Å². The van der Waals surface area contributed by atoms with Gasteiger partial charge in [0.05, 0.1) is 12.1 Å². The number of hydrogen-bond acceptors (Lipinski definition) is 4. The van der Waals surface area contributed by atoms with Crippen molar-refractivity contribution in [1.29, 1.82) is 0 Å². The molecule has 4 rings (SSSR count). The maximum absolute atomic E-state index is 13.6. The van der Waals surface area contributed by atoms with Gasteiger partial charge in [-0.2, -0.15) is 13.2 Å². The van der Waals surface area contributed by atoms with E-state index in [9.17, 15) is 18.0 Å². The van der Waals surface area contributed by atoms with Crippen molar-refractivity contribution >= 4 is 5.91 Å². The zero-order chi connectivity index (χ0) is 22.7. The normalized spacial score (nSPS) is 15.0. The minimum atomic E-state index is -4.45. The Morgan fingerprint density at radius 2 is 1.81 bits per heavy atom. The smallest absolute Gasteiger partial charge is 0.416 e. The van der Waals surface area contributed by atoms with Crippen LogP contribution in [0.4, 0.5) is 13.2 Å². The number of aromatic nitrogens is 1. The fraction of sp³-hybridized carbons (Fsp3) is 0.333. The van der Waals surface area contributed by atoms with Crippen molar-refractivity contribution in [1.82, 2.24) is 15.2 Å². The summed E-state index contributed by atoms with van der Waals surface area (Å²) in [6, 6.07) is 15.1. The standard InChI is InChI=1S/C24H24F3N3O2/c1-16(17-7-3-2-4-8-17)30(13-18-9-5-6-10-20(18)24(25,26)27)14-22-29-21(15-32-22)23(31)28-19-11-12-19/h2-10,15-16,19H,11-14H2,1H3,(H,28,31). The van der Waals surface area contributed by atoms with Gasteiger partial charge < -0.3 is 9.73 Å². The average molecular weight is 443 g/mol. The molecule has 5 nitrogen and oxygen atoms in total. The molecule has 168 valence electrons. The molecule has 1 heterocycles. The van der Waals surface area contributed by atoms with Crippen LogP contribution in [-0.4, -0.2) is 21.8 Å². The Morgan fingerprint density at radius 1 is 1.12 bits per heavy atom. The van der Waals surface area contributed by atoms with Gasteiger partial charge in [0.1, 0.15) is 6.26 Å². The number of alkyl halides is 3. The third-order valence-electron chi connectivity index (χ3n) is 5.56. The van der Waals surface area contributed by atoms with Crippen LogP contribution in [0.15, 0.2) is 65.3 Å². The zero-order valence-corrected chi connectivity index (χ0v) is 17.6. The molecule has 1 aromatic heterocycles. The summed E-state index contributed by atoms with van der Waals surface area (Å²) in [5.74, 6) is -0.0224. The predicted octanol–water partition coefficient (Wildman–Crippen LogP) is 5.35. The highest BCUT2D eigenvalue weighted by atomic mass is 19.4. The Balaban J connectivity index is 1.59. The molecular weight excluding hydrogens is 419 g/mol. The molecular formula is C24H24F3N3O2. The minimum absolute atomic E-state index is 0.0394. The molecule has 1 aliphatic rings. The van der Waals surface area contributed by atoms with Crippen LogP contribution in [0.2, 0.25) is 0 Å². The van der Waals surface area contributed by atoms with E-state index >= 15 is 0 Å². The van der Waals surface area contributed by atoms with Gasteiger partial charge in [-0.1, -0.05) is 48.5 Å². The number of nitrogens with one attached hydrogen (secondary N) is 1. The number of oxazole rings is 1. The maximum Gasteiger partial charge on any atom is 0.416 e. The van der Waals surface area contributed by atoms with Crippen molar-refractivity contribution < 1.29 is 22.4 Å². The summed E-state index contributed by atoms with van der Waals surface area (Å²) in [6.07, 6.45) is -1.24. The first-order valence-electron chi connectivity index (χ1n) is 10.5. The van der Waals surface area contributed by atoms with Crippen molar-refractivity contribution in [2.24, 2.45) is 0 Å². The molecule has 1 unspecified atom stereocenters. The van der Waals surface area contributed by atoms with E-state index in [-0.39, 0.29) is 48.2 Å². The Morgan fingerprint density at radius 3 is 2.50 bits per heavy atom. The summed E-state index contributed by atoms with van der Waals surface area (Å²) in [6.45, 7) is 2.12. The molecule has 2 aromatic carbocycles. The first-order chi connectivity index (χ1) is 15.3. The van der Waals surface area contributed by atoms with Crippen LogP contribution in [0.1, 0.15) is 58.9 Å². The monoisotopic (exact) mass is 443 g/mol. The van der Waals surface area contributed by atoms with Gasteiger partial charge in [-0.15, -0.1) is 0 Å². The lowest BCUT2D eigenvalue weighted by atomic mass is 10.0. The summed E-state index contributed by atoms with van der Waals surface area (Å²) in [5.41, 5.74) is 0.633. The van der Waals surface area contributed by atoms with Crippen LogP contribution < -0.4 is 5.32 Å². The lowest BCUT2D eigenvalue weighted by Gasteiger charge is -2.29. The topological polar surface area (TPSA) is 58.4 Å². The SMILES string of the molecule is CC(c1ccccc1)N(Cc1nc(C(=O)NC2CC2)co1)Cc1ccccc1C(F)(F)F. The molecule has 0 spiro atoms. The molecule has 0 radical (unpaired) electrons. The number of nitrogens with zero attached hydrogens (tertiary/aromatic N) is 2. The van der Waals surface area contributed by atoms with Gasteiger partial charge in [-0.25, -0.2) is 4.98 Å². The molecule has 1 atom stereocenters. The Bertz CT molecular complexity index is 1060. The quantitative estimate of drug-likeness (QED) is 0.510. The summed E-state index contributed by atoms with van der Waals surface area (Å²) in [4.78, 5) is 18.4. The number of carbonyl (C=O) groups excluding carboxylic acids is 1. The Labute approximate surface area is 184 Å². The highest BCUT2D eigenvalue weighted by molar-refractivity contribution is 5.92. The first kappa shape index (κ1) is 22.1. The highest BCUT2D eigenvalue weighted by Crippen LogP contribution is 2.34. The molecule has 1 amide bonds. The van der Waals surface area contributed by atoms with Gasteiger partial charge in [0, 0.05) is 18.6 Å². The average Bonchev–Trinajstić information content (AvgIpc) is 3.47. The number of hydrogen-bond donors (Lipinski definition) is 1. The zero-order valence-electron chi connectivity index (χ0n) is 17.6. The maximum atomic E-state index is 13.6. The van der Waals surface area contributed by atoms with E-state index in [0.29, 0.717) is 0 Å². The van der Waals surface area contributed by atoms with Crippen LogP contribution in [0.25, 0.3) is 0 Å². The van der Waals surface area contributed by atoms with Crippen molar-refractivity contribution in [3.63, 3.8) is 0 Å². The molecule has 1 N–H and O–H groups in total. The highest BCUT2D eigenvalue weighted by Gasteiger charge is 2.34. The van der Waals surface area contributed by atoms with E-state index in [1.165, 1.54) is 18.4 Å². The van der Waals surface area contributed by atoms with Crippen molar-refractivity contribution in [3.8, 4) is 0 Å². The second kappa shape index (κ2) is 9.16. The van der Waals surface area contributed by atoms with Gasteiger partial charge in [0.15, 0.2) is 5.69 Å². The van der Waals surface area contributed by atoms with E-state index in [0.717, 1.165) is 24.5 Å². The van der Waals surface area contributed by atoms with Gasteiger partial charge >= 0.3 is 6.18 Å². The molecule has 1 fully saturated rings. The van der Waals surface area contributed by atoms with Crippen molar-refractivity contribution in [2.45, 2.75) is 51.1 Å². The second-order valence-corrected chi connectivity index (χ2v) is 8.02. The molecule has 0 aliphatic heterocycles. The number of carbonyl (C=O) groups is 1. The Kier molecular flexibility index (Phi) is 6.32. The summed E-state index contributed by atoms with van der Waals surface area (Å²) in [5, 5.41) is 2.85. The number of amides is 1. The van der Waals surface area contributed by atoms with Crippen LogP contribution in [0, 0.1) is 0 Å². The van der Waals surface area contributed by atoms with Crippen LogP contribution >= 0.6 is 0 Å². The molecule has 1 saturated carbocycles. The molecule has 8 heteroatoms. The molecule has 0 bridgehead atoms. The van der Waals surface area contributed by atoms with Gasteiger partial charge in [-0.05, 0) is 37.0 Å². The van der Waals surface area contributed by atoms with E-state index in [2.05, 4.69) is 10.3 Å². The fourth-order valence-electron chi connectivity index (χ4n) is 3.57. The van der Waals surface area contributed by atoms with Gasteiger partial charge in [0.2, 0.25) is 5.89 Å². The predicted molar refractivity (Wildman–Crippen MR) is 113 cm³/mol. The number of halogens is 3.